The molecule has 0 aliphatic carbocycles. The number of hydrogen-bond acceptors (Lipinski definition) is 2. The summed E-state index contributed by atoms with van der Waals surface area (Å²) in [4.78, 5) is 24.5. The summed E-state index contributed by atoms with van der Waals surface area (Å²) in [5.41, 5.74) is 1.79. The summed E-state index contributed by atoms with van der Waals surface area (Å²) >= 11 is 0. The van der Waals surface area contributed by atoms with E-state index in [1.165, 1.54) is 4.90 Å². The van der Waals surface area contributed by atoms with Crippen molar-refractivity contribution in [2.75, 3.05) is 4.90 Å². The van der Waals surface area contributed by atoms with Gasteiger partial charge in [-0.2, -0.15) is 0 Å². The molecule has 0 bridgehead atoms. The Hall–Kier alpha value is -1.84. The molecule has 0 saturated heterocycles. The van der Waals surface area contributed by atoms with E-state index in [0.29, 0.717) is 6.42 Å². The van der Waals surface area contributed by atoms with Gasteiger partial charge in [0.05, 0.1) is 0 Å². The lowest BCUT2D eigenvalue weighted by Crippen LogP contribution is -2.43. The Morgan fingerprint density at radius 2 is 2.06 bits per heavy atom. The van der Waals surface area contributed by atoms with Gasteiger partial charge in [0.25, 0.3) is 0 Å². The van der Waals surface area contributed by atoms with Crippen LogP contribution in [0, 0.1) is 0 Å². The van der Waals surface area contributed by atoms with E-state index in [2.05, 4.69) is 0 Å². The Balaban J connectivity index is 2.47. The molecule has 4 nitrogen and oxygen atoms in total. The van der Waals surface area contributed by atoms with Crippen molar-refractivity contribution in [3.63, 3.8) is 0 Å². The molecule has 1 heterocycles. The third kappa shape index (κ3) is 2.16. The van der Waals surface area contributed by atoms with Gasteiger partial charge in [0.1, 0.15) is 6.04 Å². The minimum Gasteiger partial charge on any atom is -0.480 e. The highest BCUT2D eigenvalue weighted by atomic mass is 16.4. The Labute approximate surface area is 99.9 Å². The van der Waals surface area contributed by atoms with Crippen molar-refractivity contribution in [2.24, 2.45) is 0 Å². The normalized spacial score (nSPS) is 17.2. The SMILES string of the molecule is C[C@@H](C(=O)O)N1C(=O)CCCc2ccccc21. The first-order valence-corrected chi connectivity index (χ1v) is 5.74. The summed E-state index contributed by atoms with van der Waals surface area (Å²) in [6.07, 6.45) is 2.01. The van der Waals surface area contributed by atoms with Gasteiger partial charge in [-0.15, -0.1) is 0 Å². The number of amides is 1. The highest BCUT2D eigenvalue weighted by Gasteiger charge is 2.29. The summed E-state index contributed by atoms with van der Waals surface area (Å²) < 4.78 is 0. The third-order valence-corrected chi connectivity index (χ3v) is 3.10. The predicted octanol–water partition coefficient (Wildman–Crippen LogP) is 1.83. The van der Waals surface area contributed by atoms with E-state index in [1.54, 1.807) is 6.92 Å². The first-order valence-electron chi connectivity index (χ1n) is 5.74. The van der Waals surface area contributed by atoms with E-state index < -0.39 is 12.0 Å². The summed E-state index contributed by atoms with van der Waals surface area (Å²) in [6, 6.07) is 6.70. The van der Waals surface area contributed by atoms with Gasteiger partial charge in [-0.05, 0) is 31.4 Å². The highest BCUT2D eigenvalue weighted by molar-refractivity contribution is 6.00. The van der Waals surface area contributed by atoms with E-state index in [-0.39, 0.29) is 5.91 Å². The number of carboxylic acids is 1. The molecule has 1 atom stereocenters. The standard InChI is InChI=1S/C13H15NO3/c1-9(13(16)17)14-11-7-3-2-5-10(11)6-4-8-12(14)15/h2-3,5,7,9H,4,6,8H2,1H3,(H,16,17)/t9-/m0/s1. The zero-order chi connectivity index (χ0) is 12.4. The molecule has 1 aromatic rings. The molecular weight excluding hydrogens is 218 g/mol. The van der Waals surface area contributed by atoms with Crippen LogP contribution in [0.2, 0.25) is 0 Å². The van der Waals surface area contributed by atoms with Crippen LogP contribution in [0.15, 0.2) is 24.3 Å². The number of aliphatic carboxylic acids is 1. The zero-order valence-electron chi connectivity index (χ0n) is 9.72. The van der Waals surface area contributed by atoms with Gasteiger partial charge in [0.15, 0.2) is 0 Å². The van der Waals surface area contributed by atoms with Crippen LogP contribution in [0.25, 0.3) is 0 Å². The maximum absolute atomic E-state index is 12.0. The maximum Gasteiger partial charge on any atom is 0.326 e. The largest absolute Gasteiger partial charge is 0.480 e. The number of para-hydroxylation sites is 1. The number of hydrogen-bond donors (Lipinski definition) is 1. The fraction of sp³-hybridized carbons (Fsp3) is 0.385. The van der Waals surface area contributed by atoms with Crippen molar-refractivity contribution in [3.8, 4) is 0 Å². The summed E-state index contributed by atoms with van der Waals surface area (Å²) in [5.74, 6) is -1.08. The Morgan fingerprint density at radius 1 is 1.35 bits per heavy atom. The Morgan fingerprint density at radius 3 is 2.76 bits per heavy atom. The van der Waals surface area contributed by atoms with Crippen LogP contribution < -0.4 is 4.90 Å². The highest BCUT2D eigenvalue weighted by Crippen LogP contribution is 2.28. The van der Waals surface area contributed by atoms with Gasteiger partial charge in [-0.25, -0.2) is 4.79 Å². The average Bonchev–Trinajstić information content (AvgIpc) is 2.46. The van der Waals surface area contributed by atoms with Crippen LogP contribution >= 0.6 is 0 Å². The van der Waals surface area contributed by atoms with Crippen LogP contribution in [0.3, 0.4) is 0 Å². The monoisotopic (exact) mass is 233 g/mol. The summed E-state index contributed by atoms with van der Waals surface area (Å²) in [5, 5.41) is 9.08. The molecule has 1 aromatic carbocycles. The van der Waals surface area contributed by atoms with E-state index in [1.807, 2.05) is 24.3 Å². The number of benzene rings is 1. The summed E-state index contributed by atoms with van der Waals surface area (Å²) in [7, 11) is 0. The topological polar surface area (TPSA) is 57.6 Å². The second-order valence-corrected chi connectivity index (χ2v) is 4.26. The van der Waals surface area contributed by atoms with Gasteiger partial charge < -0.3 is 5.11 Å². The molecule has 1 aliphatic heterocycles. The molecule has 0 saturated carbocycles. The molecule has 90 valence electrons. The van der Waals surface area contributed by atoms with Crippen LogP contribution in [-0.2, 0) is 16.0 Å². The number of carbonyl (C=O) groups is 2. The van der Waals surface area contributed by atoms with E-state index in [9.17, 15) is 9.59 Å². The number of fused-ring (bicyclic) bond motifs is 1. The van der Waals surface area contributed by atoms with Crippen molar-refractivity contribution in [1.29, 1.82) is 0 Å². The van der Waals surface area contributed by atoms with Gasteiger partial charge in [0, 0.05) is 12.1 Å². The van der Waals surface area contributed by atoms with Crippen molar-refractivity contribution in [3.05, 3.63) is 29.8 Å². The lowest BCUT2D eigenvalue weighted by molar-refractivity contribution is -0.139. The first-order chi connectivity index (χ1) is 8.11. The molecule has 0 spiro atoms. The molecular formula is C13H15NO3. The second kappa shape index (κ2) is 4.57. The molecule has 1 N–H and O–H groups in total. The van der Waals surface area contributed by atoms with Crippen LogP contribution in [0.4, 0.5) is 5.69 Å². The van der Waals surface area contributed by atoms with Gasteiger partial charge in [0.2, 0.25) is 5.91 Å². The fourth-order valence-electron chi connectivity index (χ4n) is 2.18. The zero-order valence-corrected chi connectivity index (χ0v) is 9.72. The molecule has 0 aromatic heterocycles. The molecule has 0 fully saturated rings. The second-order valence-electron chi connectivity index (χ2n) is 4.26. The van der Waals surface area contributed by atoms with Crippen LogP contribution in [0.5, 0.6) is 0 Å². The van der Waals surface area contributed by atoms with E-state index in [0.717, 1.165) is 24.1 Å². The van der Waals surface area contributed by atoms with E-state index >= 15 is 0 Å². The van der Waals surface area contributed by atoms with Crippen LogP contribution in [0.1, 0.15) is 25.3 Å². The average molecular weight is 233 g/mol. The van der Waals surface area contributed by atoms with Crippen molar-refractivity contribution >= 4 is 17.6 Å². The molecule has 0 radical (unpaired) electrons. The number of rotatable bonds is 2. The number of anilines is 1. The van der Waals surface area contributed by atoms with Crippen molar-refractivity contribution in [2.45, 2.75) is 32.2 Å². The molecule has 2 rings (SSSR count). The minimum atomic E-state index is -0.977. The number of carboxylic acid groups (broad SMARTS) is 1. The Kier molecular flexibility index (Phi) is 3.13. The molecule has 0 unspecified atom stereocenters. The maximum atomic E-state index is 12.0. The van der Waals surface area contributed by atoms with E-state index in [4.69, 9.17) is 5.11 Å². The lowest BCUT2D eigenvalue weighted by atomic mass is 10.1. The summed E-state index contributed by atoms with van der Waals surface area (Å²) in [6.45, 7) is 1.54. The lowest BCUT2D eigenvalue weighted by Gasteiger charge is -2.26. The third-order valence-electron chi connectivity index (χ3n) is 3.10. The minimum absolute atomic E-state index is 0.107. The quantitative estimate of drug-likeness (QED) is 0.847. The van der Waals surface area contributed by atoms with Crippen LogP contribution in [-0.4, -0.2) is 23.0 Å². The molecule has 4 heteroatoms. The van der Waals surface area contributed by atoms with Crippen molar-refractivity contribution in [1.82, 2.24) is 0 Å². The first kappa shape index (κ1) is 11.6. The van der Waals surface area contributed by atoms with Crippen molar-refractivity contribution < 1.29 is 14.7 Å². The van der Waals surface area contributed by atoms with Gasteiger partial charge in [-0.1, -0.05) is 18.2 Å². The smallest absolute Gasteiger partial charge is 0.326 e. The molecule has 1 amide bonds. The number of carbonyl (C=O) groups excluding carboxylic acids is 1. The molecule has 1 aliphatic rings. The number of aryl methyl sites for hydroxylation is 1. The fourth-order valence-corrected chi connectivity index (χ4v) is 2.18. The Bertz CT molecular complexity index is 456. The van der Waals surface area contributed by atoms with Gasteiger partial charge >= 0.3 is 5.97 Å². The molecule has 17 heavy (non-hydrogen) atoms. The predicted molar refractivity (Wildman–Crippen MR) is 64.0 cm³/mol. The van der Waals surface area contributed by atoms with Gasteiger partial charge in [-0.3, -0.25) is 9.69 Å². The number of nitrogens with zero attached hydrogens (tertiary/aromatic N) is 1.